The number of aromatic nitrogens is 2. The highest BCUT2D eigenvalue weighted by atomic mass is 16.5. The Morgan fingerprint density at radius 1 is 1.29 bits per heavy atom. The molecular formula is C16H30N4O. The molecule has 21 heavy (non-hydrogen) atoms. The van der Waals surface area contributed by atoms with Gasteiger partial charge in [-0.15, -0.1) is 0 Å². The highest BCUT2D eigenvalue weighted by Crippen LogP contribution is 2.22. The Bertz CT molecular complexity index is 475. The molecule has 2 heterocycles. The minimum atomic E-state index is 0.141. The van der Waals surface area contributed by atoms with Crippen molar-refractivity contribution in [1.29, 1.82) is 0 Å². The maximum Gasteiger partial charge on any atom is 0.0644 e. The number of rotatable bonds is 5. The summed E-state index contributed by atoms with van der Waals surface area (Å²) in [5.74, 6) is 0. The van der Waals surface area contributed by atoms with Crippen molar-refractivity contribution in [3.63, 3.8) is 0 Å². The largest absolute Gasteiger partial charge is 0.379 e. The van der Waals surface area contributed by atoms with Gasteiger partial charge in [0.25, 0.3) is 0 Å². The summed E-state index contributed by atoms with van der Waals surface area (Å²) < 4.78 is 7.42. The molecular weight excluding hydrogens is 264 g/mol. The Balaban J connectivity index is 1.98. The lowest BCUT2D eigenvalue weighted by atomic mass is 10.00. The highest BCUT2D eigenvalue weighted by Gasteiger charge is 2.29. The first kappa shape index (κ1) is 16.5. The van der Waals surface area contributed by atoms with E-state index >= 15 is 0 Å². The van der Waals surface area contributed by atoms with Gasteiger partial charge in [-0.1, -0.05) is 0 Å². The molecule has 1 fully saturated rings. The monoisotopic (exact) mass is 294 g/mol. The summed E-state index contributed by atoms with van der Waals surface area (Å²) in [5, 5.41) is 8.21. The Hall–Kier alpha value is -0.910. The van der Waals surface area contributed by atoms with E-state index in [4.69, 9.17) is 4.74 Å². The molecule has 0 aliphatic carbocycles. The Morgan fingerprint density at radius 2 is 1.90 bits per heavy atom. The van der Waals surface area contributed by atoms with Crippen LogP contribution in [0.3, 0.4) is 0 Å². The summed E-state index contributed by atoms with van der Waals surface area (Å²) >= 11 is 0. The van der Waals surface area contributed by atoms with Gasteiger partial charge in [0.2, 0.25) is 0 Å². The van der Waals surface area contributed by atoms with Crippen LogP contribution in [0.4, 0.5) is 0 Å². The van der Waals surface area contributed by atoms with Crippen LogP contribution in [0, 0.1) is 13.8 Å². The van der Waals surface area contributed by atoms with Crippen LogP contribution in [-0.4, -0.2) is 53.1 Å². The number of nitrogens with one attached hydrogen (secondary N) is 1. The van der Waals surface area contributed by atoms with Gasteiger partial charge in [0.1, 0.15) is 0 Å². The third-order valence-electron chi connectivity index (χ3n) is 4.71. The molecule has 1 aliphatic heterocycles. The van der Waals surface area contributed by atoms with Crippen LogP contribution < -0.4 is 5.32 Å². The van der Waals surface area contributed by atoms with E-state index in [0.717, 1.165) is 38.5 Å². The fourth-order valence-corrected chi connectivity index (χ4v) is 3.20. The van der Waals surface area contributed by atoms with E-state index in [-0.39, 0.29) is 5.54 Å². The van der Waals surface area contributed by atoms with Crippen molar-refractivity contribution in [2.75, 3.05) is 32.8 Å². The minimum Gasteiger partial charge on any atom is -0.379 e. The third-order valence-corrected chi connectivity index (χ3v) is 4.71. The van der Waals surface area contributed by atoms with Gasteiger partial charge in [-0.3, -0.25) is 9.58 Å². The van der Waals surface area contributed by atoms with Crippen LogP contribution in [0.1, 0.15) is 43.8 Å². The molecule has 0 aromatic carbocycles. The molecule has 1 saturated heterocycles. The molecule has 5 heteroatoms. The van der Waals surface area contributed by atoms with E-state index in [0.29, 0.717) is 6.04 Å². The first-order chi connectivity index (χ1) is 9.83. The SMILES string of the molecule is Cc1nn(C)c(C)c1C(C)NCC(C)(C)N1CCOCC1. The summed E-state index contributed by atoms with van der Waals surface area (Å²) in [6, 6.07) is 0.319. The predicted molar refractivity (Wildman–Crippen MR) is 85.6 cm³/mol. The van der Waals surface area contributed by atoms with E-state index in [1.165, 1.54) is 11.3 Å². The molecule has 0 radical (unpaired) electrons. The number of hydrogen-bond acceptors (Lipinski definition) is 4. The van der Waals surface area contributed by atoms with E-state index in [2.05, 4.69) is 49.9 Å². The zero-order valence-corrected chi connectivity index (χ0v) is 14.4. The molecule has 0 amide bonds. The molecule has 1 atom stereocenters. The summed E-state index contributed by atoms with van der Waals surface area (Å²) in [6.07, 6.45) is 0. The zero-order valence-electron chi connectivity index (χ0n) is 14.4. The fraction of sp³-hybridized carbons (Fsp3) is 0.812. The second-order valence-electron chi connectivity index (χ2n) is 6.72. The fourth-order valence-electron chi connectivity index (χ4n) is 3.20. The van der Waals surface area contributed by atoms with Gasteiger partial charge in [0, 0.05) is 49.5 Å². The van der Waals surface area contributed by atoms with Crippen molar-refractivity contribution >= 4 is 0 Å². The van der Waals surface area contributed by atoms with Gasteiger partial charge in [0.15, 0.2) is 0 Å². The summed E-state index contributed by atoms with van der Waals surface area (Å²) in [7, 11) is 2.01. The predicted octanol–water partition coefficient (Wildman–Crippen LogP) is 1.80. The lowest BCUT2D eigenvalue weighted by Crippen LogP contribution is -2.54. The third kappa shape index (κ3) is 3.65. The van der Waals surface area contributed by atoms with Crippen molar-refractivity contribution in [3.05, 3.63) is 17.0 Å². The molecule has 1 aliphatic rings. The summed E-state index contributed by atoms with van der Waals surface area (Å²) in [5.41, 5.74) is 3.84. The van der Waals surface area contributed by atoms with Crippen LogP contribution in [0.25, 0.3) is 0 Å². The standard InChI is InChI=1S/C16H30N4O/c1-12(15-13(2)18-19(6)14(15)3)17-11-16(4,5)20-7-9-21-10-8-20/h12,17H,7-11H2,1-6H3. The molecule has 1 N–H and O–H groups in total. The highest BCUT2D eigenvalue weighted by molar-refractivity contribution is 5.27. The van der Waals surface area contributed by atoms with Gasteiger partial charge in [-0.05, 0) is 34.6 Å². The molecule has 5 nitrogen and oxygen atoms in total. The van der Waals surface area contributed by atoms with Gasteiger partial charge in [0.05, 0.1) is 18.9 Å². The van der Waals surface area contributed by atoms with Crippen molar-refractivity contribution in [3.8, 4) is 0 Å². The molecule has 1 aromatic heterocycles. The summed E-state index contributed by atoms with van der Waals surface area (Å²) in [4.78, 5) is 2.51. The van der Waals surface area contributed by atoms with Crippen molar-refractivity contribution in [2.24, 2.45) is 7.05 Å². The molecule has 120 valence electrons. The topological polar surface area (TPSA) is 42.3 Å². The normalized spacial score (nSPS) is 19.0. The van der Waals surface area contributed by atoms with E-state index < -0.39 is 0 Å². The quantitative estimate of drug-likeness (QED) is 0.899. The van der Waals surface area contributed by atoms with Gasteiger partial charge >= 0.3 is 0 Å². The molecule has 1 unspecified atom stereocenters. The number of nitrogens with zero attached hydrogens (tertiary/aromatic N) is 3. The minimum absolute atomic E-state index is 0.141. The van der Waals surface area contributed by atoms with Crippen LogP contribution >= 0.6 is 0 Å². The van der Waals surface area contributed by atoms with Gasteiger partial charge in [-0.25, -0.2) is 0 Å². The Morgan fingerprint density at radius 3 is 2.43 bits per heavy atom. The zero-order chi connectivity index (χ0) is 15.6. The number of ether oxygens (including phenoxy) is 1. The van der Waals surface area contributed by atoms with Crippen LogP contribution in [0.5, 0.6) is 0 Å². The maximum absolute atomic E-state index is 5.45. The van der Waals surface area contributed by atoms with E-state index in [9.17, 15) is 0 Å². The number of morpholine rings is 1. The summed E-state index contributed by atoms with van der Waals surface area (Å²) in [6.45, 7) is 15.8. The first-order valence-corrected chi connectivity index (χ1v) is 7.89. The van der Waals surface area contributed by atoms with Gasteiger partial charge in [-0.2, -0.15) is 5.10 Å². The van der Waals surface area contributed by atoms with Crippen LogP contribution in [0.2, 0.25) is 0 Å². The lowest BCUT2D eigenvalue weighted by Gasteiger charge is -2.41. The smallest absolute Gasteiger partial charge is 0.0644 e. The van der Waals surface area contributed by atoms with Gasteiger partial charge < -0.3 is 10.1 Å². The number of hydrogen-bond donors (Lipinski definition) is 1. The van der Waals surface area contributed by atoms with E-state index in [1.54, 1.807) is 0 Å². The number of aryl methyl sites for hydroxylation is 2. The molecule has 2 rings (SSSR count). The maximum atomic E-state index is 5.45. The molecule has 0 bridgehead atoms. The second-order valence-corrected chi connectivity index (χ2v) is 6.72. The molecule has 1 aromatic rings. The molecule has 0 saturated carbocycles. The second kappa shape index (κ2) is 6.46. The van der Waals surface area contributed by atoms with Crippen LogP contribution in [-0.2, 0) is 11.8 Å². The Labute approximate surface area is 128 Å². The van der Waals surface area contributed by atoms with Crippen molar-refractivity contribution in [1.82, 2.24) is 20.0 Å². The molecule has 0 spiro atoms. The lowest BCUT2D eigenvalue weighted by molar-refractivity contribution is -0.0102. The van der Waals surface area contributed by atoms with Crippen molar-refractivity contribution < 1.29 is 4.74 Å². The average molecular weight is 294 g/mol. The van der Waals surface area contributed by atoms with Crippen LogP contribution in [0.15, 0.2) is 0 Å². The average Bonchev–Trinajstić information content (AvgIpc) is 2.71. The van der Waals surface area contributed by atoms with E-state index in [1.807, 2.05) is 11.7 Å². The Kier molecular flexibility index (Phi) is 5.07. The van der Waals surface area contributed by atoms with Crippen molar-refractivity contribution in [2.45, 2.75) is 46.2 Å². The first-order valence-electron chi connectivity index (χ1n) is 7.89.